The molecule has 0 saturated carbocycles. The maximum atomic E-state index is 13.3. The fourth-order valence-electron chi connectivity index (χ4n) is 3.13. The maximum Gasteiger partial charge on any atom is 0.126 e. The van der Waals surface area contributed by atoms with E-state index in [0.29, 0.717) is 17.4 Å². The minimum absolute atomic E-state index is 0.208. The summed E-state index contributed by atoms with van der Waals surface area (Å²) in [6, 6.07) is 7.12. The van der Waals surface area contributed by atoms with Crippen LogP contribution in [0.25, 0.3) is 0 Å². The molecule has 0 aliphatic carbocycles. The van der Waals surface area contributed by atoms with Crippen LogP contribution in [0.5, 0.6) is 0 Å². The van der Waals surface area contributed by atoms with Gasteiger partial charge in [0.1, 0.15) is 11.9 Å². The van der Waals surface area contributed by atoms with Crippen LogP contribution in [0, 0.1) is 35.9 Å². The zero-order chi connectivity index (χ0) is 14.0. The summed E-state index contributed by atoms with van der Waals surface area (Å²) >= 11 is 0. The lowest BCUT2D eigenvalue weighted by Gasteiger charge is -2.37. The van der Waals surface area contributed by atoms with E-state index in [1.165, 1.54) is 12.5 Å². The third-order valence-corrected chi connectivity index (χ3v) is 3.88. The normalized spacial score (nSPS) is 25.8. The average Bonchev–Trinajstić information content (AvgIpc) is 2.33. The molecule has 2 nitrogen and oxygen atoms in total. The summed E-state index contributed by atoms with van der Waals surface area (Å²) in [6.45, 7) is 8.09. The molecule has 1 aromatic rings. The Morgan fingerprint density at radius 1 is 1.32 bits per heavy atom. The van der Waals surface area contributed by atoms with Crippen molar-refractivity contribution in [3.63, 3.8) is 0 Å². The van der Waals surface area contributed by atoms with Crippen LogP contribution in [0.2, 0.25) is 0 Å². The van der Waals surface area contributed by atoms with E-state index < -0.39 is 0 Å². The molecule has 0 N–H and O–H groups in total. The van der Waals surface area contributed by atoms with Crippen molar-refractivity contribution >= 4 is 0 Å². The fourth-order valence-corrected chi connectivity index (χ4v) is 3.13. The molecule has 3 heteroatoms. The van der Waals surface area contributed by atoms with Gasteiger partial charge in [0.2, 0.25) is 0 Å². The Morgan fingerprint density at radius 2 is 1.95 bits per heavy atom. The van der Waals surface area contributed by atoms with Gasteiger partial charge in [0.15, 0.2) is 0 Å². The Morgan fingerprint density at radius 3 is 2.47 bits per heavy atom. The minimum atomic E-state index is -0.260. The van der Waals surface area contributed by atoms with Gasteiger partial charge in [-0.25, -0.2) is 4.39 Å². The first kappa shape index (κ1) is 14.0. The van der Waals surface area contributed by atoms with Crippen LogP contribution in [0.15, 0.2) is 18.2 Å². The molecule has 1 aliphatic rings. The van der Waals surface area contributed by atoms with Crippen molar-refractivity contribution in [3.8, 4) is 6.07 Å². The summed E-state index contributed by atoms with van der Waals surface area (Å²) in [5.41, 5.74) is 1.51. The third kappa shape index (κ3) is 3.13. The average molecular weight is 260 g/mol. The zero-order valence-corrected chi connectivity index (χ0v) is 11.9. The molecule has 1 heterocycles. The Balaban J connectivity index is 2.24. The molecule has 3 atom stereocenters. The van der Waals surface area contributed by atoms with E-state index in [-0.39, 0.29) is 11.9 Å². The van der Waals surface area contributed by atoms with E-state index in [0.717, 1.165) is 18.7 Å². The Hall–Kier alpha value is -1.40. The summed E-state index contributed by atoms with van der Waals surface area (Å²) < 4.78 is 13.3. The molecule has 0 radical (unpaired) electrons. The quantitative estimate of drug-likeness (QED) is 0.811. The molecule has 19 heavy (non-hydrogen) atoms. The first-order valence-corrected chi connectivity index (χ1v) is 6.91. The third-order valence-electron chi connectivity index (χ3n) is 3.88. The number of nitrogens with zero attached hydrogens (tertiary/aromatic N) is 2. The first-order valence-electron chi connectivity index (χ1n) is 6.91. The molecule has 1 aromatic carbocycles. The monoisotopic (exact) mass is 260 g/mol. The topological polar surface area (TPSA) is 27.0 Å². The highest BCUT2D eigenvalue weighted by Gasteiger charge is 2.28. The van der Waals surface area contributed by atoms with Crippen molar-refractivity contribution in [2.75, 3.05) is 13.1 Å². The molecule has 0 bridgehead atoms. The number of halogens is 1. The first-order chi connectivity index (χ1) is 9.01. The molecular weight excluding hydrogens is 239 g/mol. The molecule has 3 unspecified atom stereocenters. The second kappa shape index (κ2) is 5.71. The number of nitriles is 1. The van der Waals surface area contributed by atoms with Gasteiger partial charge in [-0.2, -0.15) is 5.26 Å². The summed E-state index contributed by atoms with van der Waals surface area (Å²) in [5.74, 6) is 1.02. The van der Waals surface area contributed by atoms with Crippen LogP contribution < -0.4 is 0 Å². The van der Waals surface area contributed by atoms with Crippen LogP contribution in [-0.2, 0) is 0 Å². The van der Waals surface area contributed by atoms with Crippen molar-refractivity contribution in [2.24, 2.45) is 11.8 Å². The van der Waals surface area contributed by atoms with Crippen molar-refractivity contribution in [1.29, 1.82) is 5.26 Å². The second-order valence-corrected chi connectivity index (χ2v) is 5.94. The minimum Gasteiger partial charge on any atom is -0.284 e. The lowest BCUT2D eigenvalue weighted by Crippen LogP contribution is -2.40. The van der Waals surface area contributed by atoms with Crippen LogP contribution >= 0.6 is 0 Å². The summed E-state index contributed by atoms with van der Waals surface area (Å²) in [6.07, 6.45) is 1.22. The molecular formula is C16H21FN2. The SMILES string of the molecule is Cc1cc(C(C#N)N2CC(C)CC(C)C2)ccc1F. The molecule has 0 aromatic heterocycles. The van der Waals surface area contributed by atoms with Gasteiger partial charge in [-0.15, -0.1) is 0 Å². The largest absolute Gasteiger partial charge is 0.284 e. The van der Waals surface area contributed by atoms with Crippen LogP contribution in [0.4, 0.5) is 4.39 Å². The van der Waals surface area contributed by atoms with E-state index in [4.69, 9.17) is 0 Å². The van der Waals surface area contributed by atoms with Crippen LogP contribution in [-0.4, -0.2) is 18.0 Å². The van der Waals surface area contributed by atoms with Gasteiger partial charge >= 0.3 is 0 Å². The van der Waals surface area contributed by atoms with Crippen molar-refractivity contribution < 1.29 is 4.39 Å². The van der Waals surface area contributed by atoms with Gasteiger partial charge in [0, 0.05) is 13.1 Å². The van der Waals surface area contributed by atoms with Gasteiger partial charge in [-0.1, -0.05) is 26.0 Å². The highest BCUT2D eigenvalue weighted by Crippen LogP contribution is 2.29. The number of benzene rings is 1. The van der Waals surface area contributed by atoms with Gasteiger partial charge in [0.25, 0.3) is 0 Å². The maximum absolute atomic E-state index is 13.3. The number of hydrogen-bond acceptors (Lipinski definition) is 2. The fraction of sp³-hybridized carbons (Fsp3) is 0.562. The molecule has 1 fully saturated rings. The van der Waals surface area contributed by atoms with Crippen LogP contribution in [0.3, 0.4) is 0 Å². The highest BCUT2D eigenvalue weighted by atomic mass is 19.1. The van der Waals surface area contributed by atoms with Gasteiger partial charge in [-0.3, -0.25) is 4.90 Å². The number of hydrogen-bond donors (Lipinski definition) is 0. The molecule has 102 valence electrons. The lowest BCUT2D eigenvalue weighted by molar-refractivity contribution is 0.117. The van der Waals surface area contributed by atoms with Gasteiger partial charge in [-0.05, 0) is 42.4 Å². The number of rotatable bonds is 2. The molecule has 0 spiro atoms. The molecule has 2 rings (SSSR count). The van der Waals surface area contributed by atoms with Crippen molar-refractivity contribution in [1.82, 2.24) is 4.90 Å². The predicted molar refractivity (Wildman–Crippen MR) is 74.0 cm³/mol. The number of likely N-dealkylation sites (tertiary alicyclic amines) is 1. The van der Waals surface area contributed by atoms with Crippen molar-refractivity contribution in [2.45, 2.75) is 33.2 Å². The van der Waals surface area contributed by atoms with E-state index in [2.05, 4.69) is 24.8 Å². The predicted octanol–water partition coefficient (Wildman–Crippen LogP) is 3.68. The standard InChI is InChI=1S/C16H21FN2/c1-11-6-12(2)10-19(9-11)16(8-18)14-4-5-15(17)13(3)7-14/h4-5,7,11-12,16H,6,9-10H2,1-3H3. The Labute approximate surface area is 114 Å². The van der Waals surface area contributed by atoms with Gasteiger partial charge in [0.05, 0.1) is 6.07 Å². The highest BCUT2D eigenvalue weighted by molar-refractivity contribution is 5.30. The molecule has 0 amide bonds. The molecule has 1 saturated heterocycles. The Kier molecular flexibility index (Phi) is 4.21. The van der Waals surface area contributed by atoms with Crippen LogP contribution in [0.1, 0.15) is 37.4 Å². The second-order valence-electron chi connectivity index (χ2n) is 5.94. The Bertz CT molecular complexity index is 482. The van der Waals surface area contributed by atoms with E-state index >= 15 is 0 Å². The summed E-state index contributed by atoms with van der Waals surface area (Å²) in [5, 5.41) is 9.48. The van der Waals surface area contributed by atoms with Gasteiger partial charge < -0.3 is 0 Å². The smallest absolute Gasteiger partial charge is 0.126 e. The van der Waals surface area contributed by atoms with E-state index in [9.17, 15) is 9.65 Å². The lowest BCUT2D eigenvalue weighted by atomic mass is 9.90. The van der Waals surface area contributed by atoms with E-state index in [1.807, 2.05) is 0 Å². The number of aryl methyl sites for hydroxylation is 1. The summed E-state index contributed by atoms with van der Waals surface area (Å²) in [7, 11) is 0. The summed E-state index contributed by atoms with van der Waals surface area (Å²) in [4.78, 5) is 2.23. The molecule has 1 aliphatic heterocycles. The van der Waals surface area contributed by atoms with Crippen molar-refractivity contribution in [3.05, 3.63) is 35.1 Å². The zero-order valence-electron chi connectivity index (χ0n) is 11.9. The number of piperidine rings is 1. The van der Waals surface area contributed by atoms with E-state index in [1.54, 1.807) is 19.1 Å².